The third-order valence-electron chi connectivity index (χ3n) is 2.39. The van der Waals surface area contributed by atoms with E-state index in [1.165, 1.54) is 0 Å². The fourth-order valence-electron chi connectivity index (χ4n) is 1.61. The first-order valence-corrected chi connectivity index (χ1v) is 5.57. The molecule has 0 atom stereocenters. The van der Waals surface area contributed by atoms with Crippen LogP contribution < -0.4 is 5.76 Å². The summed E-state index contributed by atoms with van der Waals surface area (Å²) in [5, 5.41) is 8.96. The third-order valence-corrected chi connectivity index (χ3v) is 2.91. The summed E-state index contributed by atoms with van der Waals surface area (Å²) in [6.45, 7) is 0. The molecule has 0 unspecified atom stereocenters. The van der Waals surface area contributed by atoms with Gasteiger partial charge >= 0.3 is 11.7 Å². The lowest BCUT2D eigenvalue weighted by Crippen LogP contribution is -1.98. The summed E-state index contributed by atoms with van der Waals surface area (Å²) in [7, 11) is 0. The molecule has 0 spiro atoms. The highest BCUT2D eigenvalue weighted by molar-refractivity contribution is 6.99. The smallest absolute Gasteiger partial charge is 0.417 e. The Balaban J connectivity index is 2.21. The van der Waals surface area contributed by atoms with E-state index in [0.29, 0.717) is 16.7 Å². The van der Waals surface area contributed by atoms with E-state index in [-0.39, 0.29) is 11.4 Å². The minimum absolute atomic E-state index is 0.114. The van der Waals surface area contributed by atoms with E-state index >= 15 is 0 Å². The molecule has 0 aliphatic heterocycles. The maximum atomic E-state index is 11.0. The lowest BCUT2D eigenvalue weighted by atomic mass is 10.1. The van der Waals surface area contributed by atoms with Gasteiger partial charge in [-0.3, -0.25) is 4.98 Å². The van der Waals surface area contributed by atoms with Crippen molar-refractivity contribution in [2.75, 3.05) is 0 Å². The summed E-state index contributed by atoms with van der Waals surface area (Å²) in [4.78, 5) is 24.5. The molecule has 1 aromatic carbocycles. The van der Waals surface area contributed by atoms with Crippen molar-refractivity contribution >= 4 is 28.8 Å². The maximum absolute atomic E-state index is 11.0. The molecule has 2 N–H and O–H groups in total. The van der Waals surface area contributed by atoms with E-state index in [1.807, 2.05) is 0 Å². The van der Waals surface area contributed by atoms with Crippen molar-refractivity contribution in [3.05, 3.63) is 34.4 Å². The molecule has 0 saturated carbocycles. The summed E-state index contributed by atoms with van der Waals surface area (Å²) in [5.74, 6) is -1.70. The number of oxazole rings is 1. The molecule has 7 nitrogen and oxygen atoms in total. The summed E-state index contributed by atoms with van der Waals surface area (Å²) in [6.07, 6.45) is 0. The number of hydrogen-bond donors (Lipinski definition) is 2. The van der Waals surface area contributed by atoms with Crippen molar-refractivity contribution in [3.8, 4) is 11.3 Å². The minimum atomic E-state index is -1.14. The Hall–Kier alpha value is -2.48. The minimum Gasteiger partial charge on any atom is -0.476 e. The zero-order valence-electron chi connectivity index (χ0n) is 8.71. The van der Waals surface area contributed by atoms with E-state index in [2.05, 4.69) is 13.7 Å². The Kier molecular flexibility index (Phi) is 2.23. The first kappa shape index (κ1) is 10.7. The highest BCUT2D eigenvalue weighted by Crippen LogP contribution is 2.24. The van der Waals surface area contributed by atoms with Crippen molar-refractivity contribution in [2.45, 2.75) is 0 Å². The number of benzene rings is 1. The summed E-state index contributed by atoms with van der Waals surface area (Å²) in [6, 6.07) is 4.83. The van der Waals surface area contributed by atoms with Gasteiger partial charge in [0.1, 0.15) is 5.69 Å². The zero-order chi connectivity index (χ0) is 12.7. The molecule has 2 heterocycles. The number of H-pyrrole nitrogens is 1. The first-order chi connectivity index (χ1) is 8.65. The molecule has 0 aliphatic rings. The molecule has 8 heteroatoms. The van der Waals surface area contributed by atoms with Crippen molar-refractivity contribution in [3.63, 3.8) is 0 Å². The number of nitrogens with zero attached hydrogens (tertiary/aromatic N) is 2. The number of nitrogens with one attached hydrogen (secondary N) is 1. The predicted molar refractivity (Wildman–Crippen MR) is 62.7 cm³/mol. The van der Waals surface area contributed by atoms with Crippen LogP contribution in [0.25, 0.3) is 22.4 Å². The second-order valence-corrected chi connectivity index (χ2v) is 4.02. The number of carboxylic acids is 1. The largest absolute Gasteiger partial charge is 0.476 e. The monoisotopic (exact) mass is 263 g/mol. The highest BCUT2D eigenvalue weighted by atomic mass is 32.1. The topological polar surface area (TPSA) is 109 Å². The molecule has 18 heavy (non-hydrogen) atoms. The Morgan fingerprint density at radius 1 is 1.39 bits per heavy atom. The first-order valence-electron chi connectivity index (χ1n) is 4.84. The molecule has 2 aromatic heterocycles. The van der Waals surface area contributed by atoms with Gasteiger partial charge in [0, 0.05) is 5.56 Å². The predicted octanol–water partition coefficient (Wildman–Crippen LogP) is 1.34. The number of carboxylic acid groups (broad SMARTS) is 1. The summed E-state index contributed by atoms with van der Waals surface area (Å²) < 4.78 is 12.6. The van der Waals surface area contributed by atoms with Gasteiger partial charge in [-0.05, 0) is 12.1 Å². The normalized spacial score (nSPS) is 10.9. The van der Waals surface area contributed by atoms with Gasteiger partial charge in [0.2, 0.25) is 0 Å². The van der Waals surface area contributed by atoms with E-state index in [0.717, 1.165) is 11.7 Å². The quantitative estimate of drug-likeness (QED) is 0.722. The molecule has 3 rings (SSSR count). The van der Waals surface area contributed by atoms with Gasteiger partial charge in [0.15, 0.2) is 11.3 Å². The molecular formula is C10H5N3O4S. The van der Waals surface area contributed by atoms with E-state index in [4.69, 9.17) is 9.52 Å². The van der Waals surface area contributed by atoms with Gasteiger partial charge in [-0.25, -0.2) is 9.59 Å². The fourth-order valence-corrected chi connectivity index (χ4v) is 2.17. The van der Waals surface area contributed by atoms with Gasteiger partial charge in [0.25, 0.3) is 0 Å². The molecule has 0 fully saturated rings. The Morgan fingerprint density at radius 2 is 2.22 bits per heavy atom. The molecule has 0 amide bonds. The molecule has 0 bridgehead atoms. The average molecular weight is 263 g/mol. The number of carbonyl (C=O) groups is 1. The van der Waals surface area contributed by atoms with Gasteiger partial charge in [0.05, 0.1) is 17.2 Å². The van der Waals surface area contributed by atoms with Gasteiger partial charge in [-0.1, -0.05) is 6.07 Å². The summed E-state index contributed by atoms with van der Waals surface area (Å²) in [5.41, 5.74) is 1.58. The van der Waals surface area contributed by atoms with E-state index < -0.39 is 11.7 Å². The van der Waals surface area contributed by atoms with Crippen LogP contribution >= 0.6 is 11.7 Å². The lowest BCUT2D eigenvalue weighted by Gasteiger charge is -1.97. The lowest BCUT2D eigenvalue weighted by molar-refractivity contribution is 0.0692. The summed E-state index contributed by atoms with van der Waals surface area (Å²) >= 11 is 0.819. The van der Waals surface area contributed by atoms with Crippen LogP contribution in [-0.2, 0) is 0 Å². The van der Waals surface area contributed by atoms with Gasteiger partial charge in [-0.2, -0.15) is 8.75 Å². The standard InChI is InChI=1S/C10H5N3O4S/c14-9(15)8-7(12-18-13-8)4-1-2-5-6(3-4)17-10(16)11-5/h1-3H,(H,11,16)(H,14,15). The van der Waals surface area contributed by atoms with Crippen molar-refractivity contribution < 1.29 is 14.3 Å². The second-order valence-electron chi connectivity index (χ2n) is 3.49. The van der Waals surface area contributed by atoms with E-state index in [1.54, 1.807) is 18.2 Å². The van der Waals surface area contributed by atoms with Crippen LogP contribution in [0.15, 0.2) is 27.4 Å². The van der Waals surface area contributed by atoms with Crippen LogP contribution in [0, 0.1) is 0 Å². The highest BCUT2D eigenvalue weighted by Gasteiger charge is 2.17. The Morgan fingerprint density at radius 3 is 3.00 bits per heavy atom. The van der Waals surface area contributed by atoms with Crippen LogP contribution in [0.4, 0.5) is 0 Å². The SMILES string of the molecule is O=C(O)c1nsnc1-c1ccc2[nH]c(=O)oc2c1. The molecule has 0 aliphatic carbocycles. The van der Waals surface area contributed by atoms with Gasteiger partial charge in [-0.15, -0.1) is 0 Å². The van der Waals surface area contributed by atoms with Gasteiger partial charge < -0.3 is 9.52 Å². The van der Waals surface area contributed by atoms with Crippen molar-refractivity contribution in [2.24, 2.45) is 0 Å². The van der Waals surface area contributed by atoms with Crippen molar-refractivity contribution in [1.82, 2.24) is 13.7 Å². The third kappa shape index (κ3) is 1.59. The number of fused-ring (bicyclic) bond motifs is 1. The molecule has 3 aromatic rings. The second kappa shape index (κ2) is 3.77. The van der Waals surface area contributed by atoms with E-state index in [9.17, 15) is 9.59 Å². The molecular weight excluding hydrogens is 258 g/mol. The maximum Gasteiger partial charge on any atom is 0.417 e. The van der Waals surface area contributed by atoms with Crippen LogP contribution in [-0.4, -0.2) is 24.8 Å². The number of aromatic carboxylic acids is 1. The molecule has 0 radical (unpaired) electrons. The van der Waals surface area contributed by atoms with Crippen LogP contribution in [0.2, 0.25) is 0 Å². The number of rotatable bonds is 2. The van der Waals surface area contributed by atoms with Crippen LogP contribution in [0.5, 0.6) is 0 Å². The molecule has 90 valence electrons. The number of hydrogen-bond acceptors (Lipinski definition) is 6. The van der Waals surface area contributed by atoms with Crippen LogP contribution in [0.1, 0.15) is 10.5 Å². The Bertz CT molecular complexity index is 801. The Labute approximate surface area is 103 Å². The van der Waals surface area contributed by atoms with Crippen LogP contribution in [0.3, 0.4) is 0 Å². The zero-order valence-corrected chi connectivity index (χ0v) is 9.52. The number of aromatic amines is 1. The van der Waals surface area contributed by atoms with Crippen molar-refractivity contribution in [1.29, 1.82) is 0 Å². The number of aromatic nitrogens is 3. The molecule has 0 saturated heterocycles. The average Bonchev–Trinajstić information content (AvgIpc) is 2.91. The fraction of sp³-hybridized carbons (Fsp3) is 0.